The average Bonchev–Trinajstić information content (AvgIpc) is 3.42. The fourth-order valence-electron chi connectivity index (χ4n) is 5.90. The van der Waals surface area contributed by atoms with Gasteiger partial charge in [0.25, 0.3) is 5.56 Å². The van der Waals surface area contributed by atoms with Crippen LogP contribution < -0.4 is 10.9 Å². The number of carbonyl (C=O) groups is 2. The SMILES string of the molecule is Cc1cc(F)cc(C)c1-c1cc(C(CC(=O)O)NC(=O)[C@H](CC(C)C)n2cc(CCN(C)C)c(C(F)(F)F)cc2=O)cn2ccnc12. The van der Waals surface area contributed by atoms with Crippen LogP contribution in [0.1, 0.15) is 66.6 Å². The van der Waals surface area contributed by atoms with Crippen molar-refractivity contribution in [2.45, 2.75) is 65.2 Å². The molecule has 0 fully saturated rings. The summed E-state index contributed by atoms with van der Waals surface area (Å²) in [6, 6.07) is 2.67. The van der Waals surface area contributed by atoms with E-state index in [0.717, 1.165) is 10.8 Å². The summed E-state index contributed by atoms with van der Waals surface area (Å²) in [5.74, 6) is -2.49. The van der Waals surface area contributed by atoms with Gasteiger partial charge in [-0.05, 0) is 92.7 Å². The zero-order valence-corrected chi connectivity index (χ0v) is 27.2. The molecule has 1 amide bonds. The smallest absolute Gasteiger partial charge is 0.416 e. The minimum absolute atomic E-state index is 0.0182. The van der Waals surface area contributed by atoms with E-state index in [2.05, 4.69) is 10.3 Å². The monoisotopic (exact) mass is 657 g/mol. The molecule has 0 spiro atoms. The molecule has 4 aromatic rings. The van der Waals surface area contributed by atoms with Crippen molar-refractivity contribution in [3.63, 3.8) is 0 Å². The van der Waals surface area contributed by atoms with Crippen LogP contribution in [-0.4, -0.2) is 56.5 Å². The van der Waals surface area contributed by atoms with Crippen molar-refractivity contribution in [3.8, 4) is 11.1 Å². The molecular weight excluding hydrogens is 618 g/mol. The highest BCUT2D eigenvalue weighted by atomic mass is 19.4. The number of aryl methyl sites for hydroxylation is 2. The van der Waals surface area contributed by atoms with Crippen molar-refractivity contribution in [2.75, 3.05) is 20.6 Å². The number of aliphatic carboxylic acids is 1. The lowest BCUT2D eigenvalue weighted by molar-refractivity contribution is -0.139. The number of halogens is 4. The molecule has 47 heavy (non-hydrogen) atoms. The van der Waals surface area contributed by atoms with Gasteiger partial charge in [-0.3, -0.25) is 14.4 Å². The second-order valence-electron chi connectivity index (χ2n) is 12.6. The molecular formula is C34H39F4N5O4. The molecule has 2 atom stereocenters. The summed E-state index contributed by atoms with van der Waals surface area (Å²) in [5.41, 5.74) is 1.31. The Labute approximate surface area is 269 Å². The molecule has 3 aromatic heterocycles. The first kappa shape index (κ1) is 35.3. The highest BCUT2D eigenvalue weighted by Crippen LogP contribution is 2.35. The topological polar surface area (TPSA) is 109 Å². The first-order valence-electron chi connectivity index (χ1n) is 15.2. The molecule has 0 aliphatic heterocycles. The largest absolute Gasteiger partial charge is 0.481 e. The third-order valence-corrected chi connectivity index (χ3v) is 8.00. The van der Waals surface area contributed by atoms with Crippen molar-refractivity contribution < 1.29 is 32.3 Å². The molecule has 0 aliphatic rings. The Bertz CT molecular complexity index is 1820. The van der Waals surface area contributed by atoms with Gasteiger partial charge in [-0.15, -0.1) is 0 Å². The molecule has 9 nitrogen and oxygen atoms in total. The summed E-state index contributed by atoms with van der Waals surface area (Å²) in [7, 11) is 3.43. The second-order valence-corrected chi connectivity index (χ2v) is 12.6. The van der Waals surface area contributed by atoms with Crippen LogP contribution in [0.4, 0.5) is 17.6 Å². The Morgan fingerprint density at radius 3 is 2.30 bits per heavy atom. The van der Waals surface area contributed by atoms with E-state index in [1.165, 1.54) is 12.1 Å². The number of alkyl halides is 3. The number of hydrogen-bond acceptors (Lipinski definition) is 5. The average molecular weight is 658 g/mol. The number of rotatable bonds is 12. The van der Waals surface area contributed by atoms with E-state index in [-0.39, 0.29) is 30.9 Å². The summed E-state index contributed by atoms with van der Waals surface area (Å²) in [4.78, 5) is 45.4. The Balaban J connectivity index is 1.82. The minimum atomic E-state index is -4.77. The molecule has 3 heterocycles. The summed E-state index contributed by atoms with van der Waals surface area (Å²) >= 11 is 0. The zero-order chi connectivity index (χ0) is 34.8. The summed E-state index contributed by atoms with van der Waals surface area (Å²) < 4.78 is 58.6. The lowest BCUT2D eigenvalue weighted by atomic mass is 9.93. The number of aromatic nitrogens is 3. The molecule has 0 aliphatic carbocycles. The molecule has 1 aromatic carbocycles. The maximum atomic E-state index is 14.2. The highest BCUT2D eigenvalue weighted by molar-refractivity contribution is 5.84. The maximum Gasteiger partial charge on any atom is 0.416 e. The standard InChI is InChI=1S/C34H39F4N5O4/c1-19(2)11-28(43-18-22(7-9-41(5)6)26(15-29(43)44)34(36,37)38)33(47)40-27(16-30(45)46)23-14-25(32-39-8-10-42(32)17-23)31-20(3)12-24(35)13-21(31)4/h8,10,12-15,17-19,27-28H,7,9,11,16H2,1-6H3,(H,40,47)(H,45,46)/t27?,28-/m0/s1. The van der Waals surface area contributed by atoms with Gasteiger partial charge in [0.05, 0.1) is 18.0 Å². The minimum Gasteiger partial charge on any atom is -0.481 e. The molecule has 0 saturated carbocycles. The van der Waals surface area contributed by atoms with Gasteiger partial charge < -0.3 is 24.3 Å². The molecule has 0 saturated heterocycles. The number of carboxylic acids is 1. The fourth-order valence-corrected chi connectivity index (χ4v) is 5.90. The first-order chi connectivity index (χ1) is 22.0. The number of likely N-dealkylation sites (N-methyl/N-ethyl adjacent to an activating group) is 1. The van der Waals surface area contributed by atoms with Gasteiger partial charge in [-0.2, -0.15) is 13.2 Å². The fraction of sp³-hybridized carbons (Fsp3) is 0.412. The Hall–Kier alpha value is -4.52. The van der Waals surface area contributed by atoms with Gasteiger partial charge in [0.2, 0.25) is 5.91 Å². The van der Waals surface area contributed by atoms with E-state index in [1.807, 2.05) is 13.8 Å². The van der Waals surface area contributed by atoms with Crippen molar-refractivity contribution in [2.24, 2.45) is 5.92 Å². The Morgan fingerprint density at radius 1 is 1.06 bits per heavy atom. The molecule has 252 valence electrons. The van der Waals surface area contributed by atoms with Crippen LogP contribution in [0, 0.1) is 25.6 Å². The zero-order valence-electron chi connectivity index (χ0n) is 27.2. The molecule has 13 heteroatoms. The van der Waals surface area contributed by atoms with E-state index < -0.39 is 53.5 Å². The number of carbonyl (C=O) groups excluding carboxylic acids is 1. The summed E-state index contributed by atoms with van der Waals surface area (Å²) in [6.45, 7) is 7.39. The van der Waals surface area contributed by atoms with Crippen LogP contribution in [0.2, 0.25) is 0 Å². The highest BCUT2D eigenvalue weighted by Gasteiger charge is 2.36. The van der Waals surface area contributed by atoms with Crippen molar-refractivity contribution in [1.82, 2.24) is 24.2 Å². The number of amides is 1. The van der Waals surface area contributed by atoms with Crippen LogP contribution in [-0.2, 0) is 22.2 Å². The summed E-state index contributed by atoms with van der Waals surface area (Å²) in [6.07, 6.45) is 0.738. The number of nitrogens with zero attached hydrogens (tertiary/aromatic N) is 4. The van der Waals surface area contributed by atoms with Gasteiger partial charge in [0, 0.05) is 43.0 Å². The number of benzene rings is 1. The lowest BCUT2D eigenvalue weighted by Gasteiger charge is -2.26. The molecule has 0 bridgehead atoms. The van der Waals surface area contributed by atoms with Gasteiger partial charge in [-0.25, -0.2) is 9.37 Å². The summed E-state index contributed by atoms with van der Waals surface area (Å²) in [5, 5.41) is 12.6. The predicted octanol–water partition coefficient (Wildman–Crippen LogP) is 5.96. The van der Waals surface area contributed by atoms with Crippen LogP contribution in [0.3, 0.4) is 0 Å². The molecule has 4 rings (SSSR count). The number of pyridine rings is 2. The first-order valence-corrected chi connectivity index (χ1v) is 15.2. The van der Waals surface area contributed by atoms with Crippen LogP contribution >= 0.6 is 0 Å². The van der Waals surface area contributed by atoms with Crippen LogP contribution in [0.15, 0.2) is 53.8 Å². The van der Waals surface area contributed by atoms with Crippen molar-refractivity contribution in [3.05, 3.63) is 93.0 Å². The third-order valence-electron chi connectivity index (χ3n) is 8.00. The number of imidazole rings is 1. The van der Waals surface area contributed by atoms with Gasteiger partial charge in [0.15, 0.2) is 0 Å². The maximum absolute atomic E-state index is 14.2. The van der Waals surface area contributed by atoms with Gasteiger partial charge >= 0.3 is 12.1 Å². The quantitative estimate of drug-likeness (QED) is 0.182. The van der Waals surface area contributed by atoms with E-state index in [1.54, 1.807) is 61.9 Å². The predicted molar refractivity (Wildman–Crippen MR) is 170 cm³/mol. The number of fused-ring (bicyclic) bond motifs is 1. The number of hydrogen-bond donors (Lipinski definition) is 2. The van der Waals surface area contributed by atoms with E-state index >= 15 is 0 Å². The van der Waals surface area contributed by atoms with E-state index in [0.29, 0.717) is 39.5 Å². The van der Waals surface area contributed by atoms with Crippen molar-refractivity contribution in [1.29, 1.82) is 0 Å². The Morgan fingerprint density at radius 2 is 1.72 bits per heavy atom. The van der Waals surface area contributed by atoms with Gasteiger partial charge in [0.1, 0.15) is 17.5 Å². The van der Waals surface area contributed by atoms with Gasteiger partial charge in [-0.1, -0.05) is 13.8 Å². The Kier molecular flexibility index (Phi) is 10.6. The van der Waals surface area contributed by atoms with E-state index in [9.17, 15) is 37.1 Å². The van der Waals surface area contributed by atoms with Crippen LogP contribution in [0.25, 0.3) is 16.8 Å². The van der Waals surface area contributed by atoms with E-state index in [4.69, 9.17) is 0 Å². The molecule has 2 N–H and O–H groups in total. The van der Waals surface area contributed by atoms with Crippen LogP contribution in [0.5, 0.6) is 0 Å². The van der Waals surface area contributed by atoms with Crippen molar-refractivity contribution >= 4 is 17.5 Å². The second kappa shape index (κ2) is 14.1. The third kappa shape index (κ3) is 8.26. The molecule has 1 unspecified atom stereocenters. The lowest BCUT2D eigenvalue weighted by Crippen LogP contribution is -2.40. The molecule has 0 radical (unpaired) electrons. The number of carboxylic acid groups (broad SMARTS) is 1. The normalized spacial score (nSPS) is 13.4. The number of nitrogens with one attached hydrogen (secondary N) is 1.